The molecule has 2 heteroatoms. The van der Waals surface area contributed by atoms with Crippen LogP contribution in [-0.4, -0.2) is 5.97 Å². The van der Waals surface area contributed by atoms with Crippen LogP contribution in [-0.2, 0) is 16.1 Å². The molecule has 1 aromatic carbocycles. The summed E-state index contributed by atoms with van der Waals surface area (Å²) in [4.78, 5) is 11.7. The second kappa shape index (κ2) is 3.09. The van der Waals surface area contributed by atoms with Gasteiger partial charge in [0.15, 0.2) is 0 Å². The zero-order chi connectivity index (χ0) is 10.3. The topological polar surface area (TPSA) is 26.3 Å². The highest BCUT2D eigenvalue weighted by molar-refractivity contribution is 5.80. The molecule has 78 valence electrons. The molecule has 0 atom stereocenters. The van der Waals surface area contributed by atoms with Gasteiger partial charge in [0.05, 0.1) is 5.41 Å². The predicted octanol–water partition coefficient (Wildman–Crippen LogP) is 2.53. The first-order valence-electron chi connectivity index (χ1n) is 5.50. The highest BCUT2D eigenvalue weighted by Crippen LogP contribution is 2.64. The van der Waals surface area contributed by atoms with Crippen LogP contribution in [0.3, 0.4) is 0 Å². The number of rotatable bonds is 3. The first-order valence-corrected chi connectivity index (χ1v) is 5.50. The van der Waals surface area contributed by atoms with Gasteiger partial charge in [0.1, 0.15) is 6.61 Å². The zero-order valence-electron chi connectivity index (χ0n) is 8.61. The van der Waals surface area contributed by atoms with Gasteiger partial charge >= 0.3 is 5.97 Å². The maximum absolute atomic E-state index is 11.7. The highest BCUT2D eigenvalue weighted by Gasteiger charge is 2.62. The summed E-state index contributed by atoms with van der Waals surface area (Å²) in [5.74, 6) is 0.850. The molecule has 0 spiro atoms. The Morgan fingerprint density at radius 2 is 1.93 bits per heavy atom. The second-order valence-corrected chi connectivity index (χ2v) is 4.82. The van der Waals surface area contributed by atoms with Gasteiger partial charge in [0, 0.05) is 0 Å². The third kappa shape index (κ3) is 1.36. The van der Waals surface area contributed by atoms with Gasteiger partial charge in [-0.3, -0.25) is 4.79 Å². The average molecular weight is 202 g/mol. The number of hydrogen-bond acceptors (Lipinski definition) is 2. The molecule has 1 aromatic rings. The Bertz CT molecular complexity index is 366. The monoisotopic (exact) mass is 202 g/mol. The van der Waals surface area contributed by atoms with Crippen molar-refractivity contribution in [1.29, 1.82) is 0 Å². The van der Waals surface area contributed by atoms with Gasteiger partial charge < -0.3 is 4.74 Å². The molecule has 3 aliphatic carbocycles. The molecule has 0 radical (unpaired) electrons. The Kier molecular flexibility index (Phi) is 1.84. The van der Waals surface area contributed by atoms with Crippen LogP contribution in [0.5, 0.6) is 0 Å². The molecular formula is C13H14O2. The van der Waals surface area contributed by atoms with E-state index in [4.69, 9.17) is 4.74 Å². The summed E-state index contributed by atoms with van der Waals surface area (Å²) in [5.41, 5.74) is 1.01. The normalized spacial score (nSPS) is 31.3. The quantitative estimate of drug-likeness (QED) is 0.704. The molecule has 15 heavy (non-hydrogen) atoms. The third-order valence-electron chi connectivity index (χ3n) is 3.68. The van der Waals surface area contributed by atoms with E-state index >= 15 is 0 Å². The Hall–Kier alpha value is -1.31. The summed E-state index contributed by atoms with van der Waals surface area (Å²) >= 11 is 0. The molecule has 0 N–H and O–H groups in total. The number of ether oxygens (including phenoxy) is 1. The number of benzene rings is 1. The molecule has 0 amide bonds. The van der Waals surface area contributed by atoms with Gasteiger partial charge in [-0.25, -0.2) is 0 Å². The summed E-state index contributed by atoms with van der Waals surface area (Å²) in [6.07, 6.45) is 3.21. The number of esters is 1. The van der Waals surface area contributed by atoms with Crippen LogP contribution in [0.2, 0.25) is 0 Å². The summed E-state index contributed by atoms with van der Waals surface area (Å²) in [6.45, 7) is 0.423. The molecular weight excluding hydrogens is 188 g/mol. The van der Waals surface area contributed by atoms with Crippen molar-refractivity contribution < 1.29 is 9.53 Å². The molecule has 3 aliphatic rings. The Morgan fingerprint density at radius 3 is 2.47 bits per heavy atom. The first-order chi connectivity index (χ1) is 7.28. The minimum absolute atomic E-state index is 0.0221. The van der Waals surface area contributed by atoms with Crippen LogP contribution in [0.15, 0.2) is 30.3 Å². The molecule has 0 heterocycles. The van der Waals surface area contributed by atoms with Crippen molar-refractivity contribution in [2.45, 2.75) is 25.9 Å². The minimum Gasteiger partial charge on any atom is -0.460 e. The van der Waals surface area contributed by atoms with E-state index in [1.54, 1.807) is 0 Å². The van der Waals surface area contributed by atoms with Gasteiger partial charge in [-0.1, -0.05) is 30.3 Å². The van der Waals surface area contributed by atoms with E-state index in [0.717, 1.165) is 30.7 Å². The van der Waals surface area contributed by atoms with E-state index < -0.39 is 0 Å². The Labute approximate surface area is 89.2 Å². The van der Waals surface area contributed by atoms with Gasteiger partial charge in [0.2, 0.25) is 0 Å². The number of carbonyl (C=O) groups is 1. The number of hydrogen-bond donors (Lipinski definition) is 0. The first kappa shape index (κ1) is 8.96. The van der Waals surface area contributed by atoms with Crippen LogP contribution in [0.25, 0.3) is 0 Å². The van der Waals surface area contributed by atoms with Crippen LogP contribution in [0.1, 0.15) is 24.8 Å². The fourth-order valence-corrected chi connectivity index (χ4v) is 2.60. The molecule has 2 bridgehead atoms. The lowest BCUT2D eigenvalue weighted by Gasteiger charge is -2.59. The van der Waals surface area contributed by atoms with Gasteiger partial charge in [0.25, 0.3) is 0 Å². The predicted molar refractivity (Wildman–Crippen MR) is 56.0 cm³/mol. The van der Waals surface area contributed by atoms with Crippen molar-refractivity contribution in [2.24, 2.45) is 11.3 Å². The molecule has 3 fully saturated rings. The lowest BCUT2D eigenvalue weighted by molar-refractivity contribution is -0.192. The molecule has 0 aliphatic heterocycles. The standard InChI is InChI=1S/C13H14O2/c14-12(13-6-11(7-13)8-13)15-9-10-4-2-1-3-5-10/h1-5,11H,6-9H2. The van der Waals surface area contributed by atoms with E-state index in [-0.39, 0.29) is 11.4 Å². The summed E-state index contributed by atoms with van der Waals surface area (Å²) in [7, 11) is 0. The molecule has 0 saturated heterocycles. The van der Waals surface area contributed by atoms with Crippen molar-refractivity contribution in [3.63, 3.8) is 0 Å². The van der Waals surface area contributed by atoms with E-state index in [9.17, 15) is 4.79 Å². The fourth-order valence-electron chi connectivity index (χ4n) is 2.60. The smallest absolute Gasteiger partial charge is 0.312 e. The third-order valence-corrected chi connectivity index (χ3v) is 3.68. The highest BCUT2D eigenvalue weighted by atomic mass is 16.5. The summed E-state index contributed by atoms with van der Waals surface area (Å²) in [5, 5.41) is 0. The largest absolute Gasteiger partial charge is 0.460 e. The van der Waals surface area contributed by atoms with Crippen molar-refractivity contribution in [3.05, 3.63) is 35.9 Å². The SMILES string of the molecule is O=C(OCc1ccccc1)C12CC(C1)C2. The lowest BCUT2D eigenvalue weighted by atomic mass is 9.44. The number of carbonyl (C=O) groups excluding carboxylic acids is 1. The van der Waals surface area contributed by atoms with Gasteiger partial charge in [-0.2, -0.15) is 0 Å². The van der Waals surface area contributed by atoms with Gasteiger partial charge in [-0.05, 0) is 30.7 Å². The van der Waals surface area contributed by atoms with E-state index in [1.807, 2.05) is 30.3 Å². The minimum atomic E-state index is -0.0561. The van der Waals surface area contributed by atoms with E-state index in [0.29, 0.717) is 6.61 Å². The van der Waals surface area contributed by atoms with Crippen molar-refractivity contribution in [3.8, 4) is 0 Å². The molecule has 3 saturated carbocycles. The molecule has 2 nitrogen and oxygen atoms in total. The van der Waals surface area contributed by atoms with Gasteiger partial charge in [-0.15, -0.1) is 0 Å². The summed E-state index contributed by atoms with van der Waals surface area (Å²) in [6, 6.07) is 9.85. The molecule has 4 rings (SSSR count). The zero-order valence-corrected chi connectivity index (χ0v) is 8.61. The van der Waals surface area contributed by atoms with Crippen LogP contribution in [0.4, 0.5) is 0 Å². The van der Waals surface area contributed by atoms with E-state index in [2.05, 4.69) is 0 Å². The van der Waals surface area contributed by atoms with Crippen LogP contribution in [0, 0.1) is 11.3 Å². The van der Waals surface area contributed by atoms with Crippen LogP contribution >= 0.6 is 0 Å². The van der Waals surface area contributed by atoms with Crippen molar-refractivity contribution in [2.75, 3.05) is 0 Å². The maximum Gasteiger partial charge on any atom is 0.312 e. The second-order valence-electron chi connectivity index (χ2n) is 4.82. The van der Waals surface area contributed by atoms with E-state index in [1.165, 1.54) is 0 Å². The Balaban J connectivity index is 1.56. The van der Waals surface area contributed by atoms with Crippen molar-refractivity contribution >= 4 is 5.97 Å². The van der Waals surface area contributed by atoms with Crippen LogP contribution < -0.4 is 0 Å². The maximum atomic E-state index is 11.7. The fraction of sp³-hybridized carbons (Fsp3) is 0.462. The van der Waals surface area contributed by atoms with Crippen molar-refractivity contribution in [1.82, 2.24) is 0 Å². The lowest BCUT2D eigenvalue weighted by Crippen LogP contribution is -2.57. The Morgan fingerprint density at radius 1 is 1.27 bits per heavy atom. The summed E-state index contributed by atoms with van der Waals surface area (Å²) < 4.78 is 5.33. The molecule has 0 aromatic heterocycles. The molecule has 0 unspecified atom stereocenters. The average Bonchev–Trinajstić information content (AvgIpc) is 2.11.